The highest BCUT2D eigenvalue weighted by molar-refractivity contribution is 5.97. The third-order valence-corrected chi connectivity index (χ3v) is 2.94. The predicted octanol–water partition coefficient (Wildman–Crippen LogP) is 1.95. The van der Waals surface area contributed by atoms with Gasteiger partial charge in [0.25, 0.3) is 5.91 Å². The van der Waals surface area contributed by atoms with Crippen molar-refractivity contribution in [2.45, 2.75) is 6.54 Å². The minimum absolute atomic E-state index is 0.125. The lowest BCUT2D eigenvalue weighted by atomic mass is 10.1. The topological polar surface area (TPSA) is 67.8 Å². The van der Waals surface area contributed by atoms with E-state index in [0.29, 0.717) is 12.1 Å². The highest BCUT2D eigenvalue weighted by Gasteiger charge is 2.06. The van der Waals surface area contributed by atoms with Crippen LogP contribution in [0.15, 0.2) is 55.2 Å². The minimum Gasteiger partial charge on any atom is -0.348 e. The fourth-order valence-electron chi connectivity index (χ4n) is 1.91. The second-order valence-electron chi connectivity index (χ2n) is 4.34. The Morgan fingerprint density at radius 3 is 2.95 bits per heavy atom. The van der Waals surface area contributed by atoms with E-state index in [2.05, 4.69) is 20.3 Å². The van der Waals surface area contributed by atoms with Crippen LogP contribution in [0.3, 0.4) is 0 Å². The fourth-order valence-corrected chi connectivity index (χ4v) is 1.91. The molecule has 0 bridgehead atoms. The molecule has 1 aromatic carbocycles. The Morgan fingerprint density at radius 2 is 2.10 bits per heavy atom. The van der Waals surface area contributed by atoms with Gasteiger partial charge in [0.2, 0.25) is 0 Å². The average molecular weight is 264 g/mol. The second kappa shape index (κ2) is 5.44. The van der Waals surface area contributed by atoms with Gasteiger partial charge in [-0.25, -0.2) is 9.97 Å². The molecule has 0 fully saturated rings. The van der Waals surface area contributed by atoms with Crippen LogP contribution in [0.1, 0.15) is 15.9 Å². The zero-order chi connectivity index (χ0) is 13.8. The standard InChI is InChI=1S/C15H12N4O/c20-15(18-8-11-2-1-5-16-7-11)12-3-4-14-13(6-12)9-17-10-19-14/h1-7,9-10H,8H2,(H,18,20). The summed E-state index contributed by atoms with van der Waals surface area (Å²) in [6.07, 6.45) is 6.62. The van der Waals surface area contributed by atoms with Gasteiger partial charge in [0.15, 0.2) is 0 Å². The number of hydrogen-bond acceptors (Lipinski definition) is 4. The highest BCUT2D eigenvalue weighted by atomic mass is 16.1. The largest absolute Gasteiger partial charge is 0.348 e. The van der Waals surface area contributed by atoms with Crippen LogP contribution in [-0.2, 0) is 6.54 Å². The number of amides is 1. The summed E-state index contributed by atoms with van der Waals surface area (Å²) in [6, 6.07) is 9.12. The third kappa shape index (κ3) is 2.61. The highest BCUT2D eigenvalue weighted by Crippen LogP contribution is 2.12. The van der Waals surface area contributed by atoms with Crippen molar-refractivity contribution < 1.29 is 4.79 Å². The quantitative estimate of drug-likeness (QED) is 0.785. The summed E-state index contributed by atoms with van der Waals surface area (Å²) in [5, 5.41) is 3.71. The van der Waals surface area contributed by atoms with Gasteiger partial charge in [-0.1, -0.05) is 6.07 Å². The Morgan fingerprint density at radius 1 is 1.15 bits per heavy atom. The number of fused-ring (bicyclic) bond motifs is 1. The first kappa shape index (κ1) is 12.2. The van der Waals surface area contributed by atoms with E-state index < -0.39 is 0 Å². The molecule has 0 saturated heterocycles. The van der Waals surface area contributed by atoms with Crippen molar-refractivity contribution in [2.75, 3.05) is 0 Å². The normalized spacial score (nSPS) is 10.4. The Labute approximate surface area is 115 Å². The number of benzene rings is 1. The molecule has 0 aliphatic carbocycles. The third-order valence-electron chi connectivity index (χ3n) is 2.94. The first-order chi connectivity index (χ1) is 9.83. The van der Waals surface area contributed by atoms with Crippen molar-refractivity contribution in [1.29, 1.82) is 0 Å². The number of aromatic nitrogens is 3. The first-order valence-electron chi connectivity index (χ1n) is 6.20. The van der Waals surface area contributed by atoms with Crippen LogP contribution < -0.4 is 5.32 Å². The van der Waals surface area contributed by atoms with E-state index in [1.807, 2.05) is 18.2 Å². The van der Waals surface area contributed by atoms with Gasteiger partial charge in [0.1, 0.15) is 6.33 Å². The van der Waals surface area contributed by atoms with E-state index in [1.165, 1.54) is 6.33 Å². The van der Waals surface area contributed by atoms with Crippen LogP contribution in [-0.4, -0.2) is 20.9 Å². The van der Waals surface area contributed by atoms with Gasteiger partial charge >= 0.3 is 0 Å². The zero-order valence-electron chi connectivity index (χ0n) is 10.7. The molecule has 0 saturated carbocycles. The van der Waals surface area contributed by atoms with E-state index in [9.17, 15) is 4.79 Å². The summed E-state index contributed by atoms with van der Waals surface area (Å²) in [6.45, 7) is 0.454. The van der Waals surface area contributed by atoms with E-state index >= 15 is 0 Å². The molecule has 1 N–H and O–H groups in total. The van der Waals surface area contributed by atoms with Gasteiger partial charge in [-0.05, 0) is 29.8 Å². The zero-order valence-corrected chi connectivity index (χ0v) is 10.7. The van der Waals surface area contributed by atoms with Crippen LogP contribution in [0.5, 0.6) is 0 Å². The van der Waals surface area contributed by atoms with Crippen LogP contribution in [0.25, 0.3) is 10.9 Å². The molecule has 3 aromatic rings. The molecule has 2 heterocycles. The monoisotopic (exact) mass is 264 g/mol. The van der Waals surface area contributed by atoms with E-state index in [0.717, 1.165) is 16.5 Å². The second-order valence-corrected chi connectivity index (χ2v) is 4.34. The van der Waals surface area contributed by atoms with Crippen LogP contribution in [0.4, 0.5) is 0 Å². The van der Waals surface area contributed by atoms with Crippen molar-refractivity contribution >= 4 is 16.8 Å². The molecule has 2 aromatic heterocycles. The van der Waals surface area contributed by atoms with Crippen LogP contribution in [0, 0.1) is 0 Å². The Hall–Kier alpha value is -2.82. The number of carbonyl (C=O) groups excluding carboxylic acids is 1. The summed E-state index contributed by atoms with van der Waals surface area (Å²) >= 11 is 0. The molecule has 5 heteroatoms. The van der Waals surface area contributed by atoms with Gasteiger partial charge < -0.3 is 5.32 Å². The van der Waals surface area contributed by atoms with Gasteiger partial charge in [0.05, 0.1) is 5.52 Å². The number of nitrogens with zero attached hydrogens (tertiary/aromatic N) is 3. The van der Waals surface area contributed by atoms with Crippen LogP contribution >= 0.6 is 0 Å². The van der Waals surface area contributed by atoms with Crippen molar-refractivity contribution in [2.24, 2.45) is 0 Å². The van der Waals surface area contributed by atoms with Gasteiger partial charge in [0, 0.05) is 36.1 Å². The summed E-state index contributed by atoms with van der Waals surface area (Å²) < 4.78 is 0. The van der Waals surface area contributed by atoms with Gasteiger partial charge in [-0.15, -0.1) is 0 Å². The molecule has 20 heavy (non-hydrogen) atoms. The molecule has 3 rings (SSSR count). The van der Waals surface area contributed by atoms with Gasteiger partial charge in [-0.3, -0.25) is 9.78 Å². The lowest BCUT2D eigenvalue weighted by Crippen LogP contribution is -2.22. The Kier molecular flexibility index (Phi) is 3.33. The lowest BCUT2D eigenvalue weighted by molar-refractivity contribution is 0.0951. The number of rotatable bonds is 3. The maximum absolute atomic E-state index is 12.1. The SMILES string of the molecule is O=C(NCc1cccnc1)c1ccc2ncncc2c1. The van der Waals surface area contributed by atoms with Crippen molar-refractivity contribution in [3.8, 4) is 0 Å². The van der Waals surface area contributed by atoms with Crippen molar-refractivity contribution in [3.05, 3.63) is 66.4 Å². The Bertz CT molecular complexity index is 743. The van der Waals surface area contributed by atoms with E-state index in [-0.39, 0.29) is 5.91 Å². The molecule has 0 aliphatic rings. The molecule has 0 spiro atoms. The molecule has 1 amide bonds. The molecule has 98 valence electrons. The maximum atomic E-state index is 12.1. The summed E-state index contributed by atoms with van der Waals surface area (Å²) in [4.78, 5) is 24.2. The molecule has 0 atom stereocenters. The predicted molar refractivity (Wildman–Crippen MR) is 74.9 cm³/mol. The van der Waals surface area contributed by atoms with E-state index in [4.69, 9.17) is 0 Å². The molecular weight excluding hydrogens is 252 g/mol. The minimum atomic E-state index is -0.125. The summed E-state index contributed by atoms with van der Waals surface area (Å²) in [7, 11) is 0. The van der Waals surface area contributed by atoms with Crippen molar-refractivity contribution in [3.63, 3.8) is 0 Å². The number of hydrogen-bond donors (Lipinski definition) is 1. The first-order valence-corrected chi connectivity index (χ1v) is 6.20. The van der Waals surface area contributed by atoms with Gasteiger partial charge in [-0.2, -0.15) is 0 Å². The molecule has 0 unspecified atom stereocenters. The number of carbonyl (C=O) groups is 1. The molecule has 0 radical (unpaired) electrons. The molecular formula is C15H12N4O. The number of nitrogens with one attached hydrogen (secondary N) is 1. The van der Waals surface area contributed by atoms with Crippen molar-refractivity contribution in [1.82, 2.24) is 20.3 Å². The number of pyridine rings is 1. The summed E-state index contributed by atoms with van der Waals surface area (Å²) in [5.41, 5.74) is 2.38. The smallest absolute Gasteiger partial charge is 0.251 e. The maximum Gasteiger partial charge on any atom is 0.251 e. The average Bonchev–Trinajstić information content (AvgIpc) is 2.53. The molecule has 0 aliphatic heterocycles. The molecule has 5 nitrogen and oxygen atoms in total. The Balaban J connectivity index is 1.75. The van der Waals surface area contributed by atoms with Crippen LogP contribution in [0.2, 0.25) is 0 Å². The van der Waals surface area contributed by atoms with E-state index in [1.54, 1.807) is 30.7 Å². The summed E-state index contributed by atoms with van der Waals surface area (Å²) in [5.74, 6) is -0.125. The lowest BCUT2D eigenvalue weighted by Gasteiger charge is -2.05. The fraction of sp³-hybridized carbons (Fsp3) is 0.0667.